The highest BCUT2D eigenvalue weighted by atomic mass is 16.5. The third-order valence-electron chi connectivity index (χ3n) is 2.75. The van der Waals surface area contributed by atoms with Gasteiger partial charge in [0.05, 0.1) is 19.5 Å². The summed E-state index contributed by atoms with van der Waals surface area (Å²) in [6.45, 7) is 4.88. The van der Waals surface area contributed by atoms with E-state index < -0.39 is 0 Å². The van der Waals surface area contributed by atoms with Crippen LogP contribution in [0.5, 0.6) is 11.5 Å². The summed E-state index contributed by atoms with van der Waals surface area (Å²) in [5.41, 5.74) is 0.640. The van der Waals surface area contributed by atoms with E-state index in [1.54, 1.807) is 42.7 Å². The molecule has 0 bridgehead atoms. The zero-order chi connectivity index (χ0) is 15.8. The van der Waals surface area contributed by atoms with E-state index in [2.05, 4.69) is 5.32 Å². The quantitative estimate of drug-likeness (QED) is 0.792. The zero-order valence-electron chi connectivity index (χ0n) is 12.7. The second-order valence-corrected chi connectivity index (χ2v) is 4.37. The topological polar surface area (TPSA) is 60.7 Å². The van der Waals surface area contributed by atoms with Gasteiger partial charge in [-0.25, -0.2) is 0 Å². The molecule has 5 heteroatoms. The van der Waals surface area contributed by atoms with Crippen molar-refractivity contribution >= 4 is 17.7 Å². The Morgan fingerprint density at radius 2 is 1.95 bits per heavy atom. The monoisotopic (exact) mass is 301 g/mol. The lowest BCUT2D eigenvalue weighted by Gasteiger charge is -2.12. The van der Waals surface area contributed by atoms with E-state index in [0.29, 0.717) is 36.2 Å². The van der Waals surface area contributed by atoms with Gasteiger partial charge in [0.25, 0.3) is 0 Å². The smallest absolute Gasteiger partial charge is 0.248 e. The second kappa shape index (κ2) is 7.93. The average molecular weight is 301 g/mol. The first-order chi connectivity index (χ1) is 10.7. The highest BCUT2D eigenvalue weighted by molar-refractivity contribution is 6.01. The van der Waals surface area contributed by atoms with Crippen molar-refractivity contribution in [1.82, 2.24) is 0 Å². The number of furan rings is 1. The van der Waals surface area contributed by atoms with Crippen molar-refractivity contribution in [3.63, 3.8) is 0 Å². The van der Waals surface area contributed by atoms with E-state index in [0.717, 1.165) is 0 Å². The largest absolute Gasteiger partial charge is 0.490 e. The normalized spacial score (nSPS) is 10.6. The molecule has 0 atom stereocenters. The zero-order valence-corrected chi connectivity index (χ0v) is 12.7. The summed E-state index contributed by atoms with van der Waals surface area (Å²) < 4.78 is 16.1. The predicted molar refractivity (Wildman–Crippen MR) is 85.2 cm³/mol. The first-order valence-corrected chi connectivity index (χ1v) is 7.15. The highest BCUT2D eigenvalue weighted by Gasteiger charge is 2.07. The summed E-state index contributed by atoms with van der Waals surface area (Å²) in [5.74, 6) is 1.64. The van der Waals surface area contributed by atoms with E-state index in [9.17, 15) is 4.79 Å². The lowest BCUT2D eigenvalue weighted by Crippen LogP contribution is -2.08. The lowest BCUT2D eigenvalue weighted by atomic mass is 10.2. The van der Waals surface area contributed by atoms with Crippen LogP contribution in [0.1, 0.15) is 19.6 Å². The molecule has 0 spiro atoms. The Morgan fingerprint density at radius 3 is 2.64 bits per heavy atom. The van der Waals surface area contributed by atoms with Crippen molar-refractivity contribution in [1.29, 1.82) is 0 Å². The molecular formula is C17H19NO4. The summed E-state index contributed by atoms with van der Waals surface area (Å²) in [6, 6.07) is 8.83. The molecule has 2 aromatic rings. The Bertz CT molecular complexity index is 632. The van der Waals surface area contributed by atoms with Crippen LogP contribution in [-0.2, 0) is 4.79 Å². The molecule has 1 amide bonds. The van der Waals surface area contributed by atoms with Crippen molar-refractivity contribution in [3.05, 3.63) is 48.4 Å². The Balaban J connectivity index is 2.05. The number of nitrogens with one attached hydrogen (secondary N) is 1. The van der Waals surface area contributed by atoms with E-state index in [1.165, 1.54) is 6.08 Å². The van der Waals surface area contributed by atoms with Crippen LogP contribution >= 0.6 is 0 Å². The Hall–Kier alpha value is -2.69. The Morgan fingerprint density at radius 1 is 1.18 bits per heavy atom. The number of carbonyl (C=O) groups excluding carboxylic acids is 1. The molecule has 0 saturated carbocycles. The fraction of sp³-hybridized carbons (Fsp3) is 0.235. The highest BCUT2D eigenvalue weighted by Crippen LogP contribution is 2.30. The first-order valence-electron chi connectivity index (χ1n) is 7.15. The molecule has 1 aromatic heterocycles. The fourth-order valence-electron chi connectivity index (χ4n) is 1.86. The number of hydrogen-bond acceptors (Lipinski definition) is 4. The molecule has 2 rings (SSSR count). The molecule has 0 aliphatic carbocycles. The minimum atomic E-state index is -0.247. The van der Waals surface area contributed by atoms with Gasteiger partial charge >= 0.3 is 0 Å². The minimum absolute atomic E-state index is 0.247. The molecule has 5 nitrogen and oxygen atoms in total. The predicted octanol–water partition coefficient (Wildman–Crippen LogP) is 3.73. The van der Waals surface area contributed by atoms with Crippen LogP contribution in [0.4, 0.5) is 5.69 Å². The van der Waals surface area contributed by atoms with Crippen LogP contribution in [0.2, 0.25) is 0 Å². The van der Waals surface area contributed by atoms with Gasteiger partial charge in [-0.05, 0) is 44.2 Å². The summed E-state index contributed by atoms with van der Waals surface area (Å²) >= 11 is 0. The summed E-state index contributed by atoms with van der Waals surface area (Å²) in [5, 5.41) is 2.77. The van der Waals surface area contributed by atoms with Crippen molar-refractivity contribution in [2.75, 3.05) is 18.5 Å². The number of hydrogen-bond donors (Lipinski definition) is 1. The van der Waals surface area contributed by atoms with Crippen molar-refractivity contribution < 1.29 is 18.7 Å². The maximum Gasteiger partial charge on any atom is 0.248 e. The number of carbonyl (C=O) groups is 1. The molecule has 0 radical (unpaired) electrons. The van der Waals surface area contributed by atoms with Gasteiger partial charge in [0, 0.05) is 17.8 Å². The van der Waals surface area contributed by atoms with Crippen molar-refractivity contribution in [3.8, 4) is 11.5 Å². The van der Waals surface area contributed by atoms with Gasteiger partial charge in [-0.3, -0.25) is 4.79 Å². The SMILES string of the molecule is CCOc1ccc(NC(=O)/C=C/c2ccco2)cc1OCC. The van der Waals surface area contributed by atoms with Crippen LogP contribution < -0.4 is 14.8 Å². The van der Waals surface area contributed by atoms with Gasteiger partial charge in [0.2, 0.25) is 5.91 Å². The maximum atomic E-state index is 11.9. The summed E-state index contributed by atoms with van der Waals surface area (Å²) in [4.78, 5) is 11.9. The molecule has 0 aliphatic heterocycles. The summed E-state index contributed by atoms with van der Waals surface area (Å²) in [7, 11) is 0. The maximum absolute atomic E-state index is 11.9. The van der Waals surface area contributed by atoms with Gasteiger partial charge in [-0.1, -0.05) is 0 Å². The molecule has 0 unspecified atom stereocenters. The summed E-state index contributed by atoms with van der Waals surface area (Å²) in [6.07, 6.45) is 4.57. The Labute approximate surface area is 129 Å². The molecule has 0 saturated heterocycles. The molecule has 0 aliphatic rings. The lowest BCUT2D eigenvalue weighted by molar-refractivity contribution is -0.111. The molecular weight excluding hydrogens is 282 g/mol. The van der Waals surface area contributed by atoms with Crippen LogP contribution in [0.15, 0.2) is 47.1 Å². The van der Waals surface area contributed by atoms with Gasteiger partial charge in [-0.15, -0.1) is 0 Å². The van der Waals surface area contributed by atoms with Crippen molar-refractivity contribution in [2.24, 2.45) is 0 Å². The molecule has 1 aromatic carbocycles. The van der Waals surface area contributed by atoms with Crippen LogP contribution in [0.3, 0.4) is 0 Å². The molecule has 1 N–H and O–H groups in total. The third-order valence-corrected chi connectivity index (χ3v) is 2.75. The van der Waals surface area contributed by atoms with E-state index in [-0.39, 0.29) is 5.91 Å². The van der Waals surface area contributed by atoms with Crippen LogP contribution in [0, 0.1) is 0 Å². The fourth-order valence-corrected chi connectivity index (χ4v) is 1.86. The Kier molecular flexibility index (Phi) is 5.65. The molecule has 0 fully saturated rings. The van der Waals surface area contributed by atoms with Gasteiger partial charge in [0.1, 0.15) is 5.76 Å². The van der Waals surface area contributed by atoms with E-state index >= 15 is 0 Å². The van der Waals surface area contributed by atoms with E-state index in [1.807, 2.05) is 13.8 Å². The van der Waals surface area contributed by atoms with Crippen LogP contribution in [-0.4, -0.2) is 19.1 Å². The van der Waals surface area contributed by atoms with Gasteiger partial charge in [-0.2, -0.15) is 0 Å². The standard InChI is InChI=1S/C17H19NO4/c1-3-20-15-9-7-13(12-16(15)21-4-2)18-17(19)10-8-14-6-5-11-22-14/h5-12H,3-4H2,1-2H3,(H,18,19)/b10-8+. The number of ether oxygens (including phenoxy) is 2. The average Bonchev–Trinajstić information content (AvgIpc) is 3.02. The number of rotatable bonds is 7. The minimum Gasteiger partial charge on any atom is -0.490 e. The number of benzene rings is 1. The number of anilines is 1. The van der Waals surface area contributed by atoms with Gasteiger partial charge in [0.15, 0.2) is 11.5 Å². The van der Waals surface area contributed by atoms with Gasteiger partial charge < -0.3 is 19.2 Å². The first kappa shape index (κ1) is 15.7. The molecule has 22 heavy (non-hydrogen) atoms. The second-order valence-electron chi connectivity index (χ2n) is 4.37. The molecule has 1 heterocycles. The van der Waals surface area contributed by atoms with Crippen molar-refractivity contribution in [2.45, 2.75) is 13.8 Å². The molecule has 116 valence electrons. The third kappa shape index (κ3) is 4.41. The number of amides is 1. The van der Waals surface area contributed by atoms with E-state index in [4.69, 9.17) is 13.9 Å². The van der Waals surface area contributed by atoms with Crippen LogP contribution in [0.25, 0.3) is 6.08 Å².